The maximum Gasteiger partial charge on any atom is 0.291 e. The number of benzene rings is 2. The summed E-state index contributed by atoms with van der Waals surface area (Å²) in [5.41, 5.74) is 7.00. The van der Waals surface area contributed by atoms with Gasteiger partial charge in [0.25, 0.3) is 5.91 Å². The molecule has 1 atom stereocenters. The van der Waals surface area contributed by atoms with Crippen molar-refractivity contribution >= 4 is 27.3 Å². The third-order valence-electron chi connectivity index (χ3n) is 5.58. The van der Waals surface area contributed by atoms with Gasteiger partial charge >= 0.3 is 0 Å². The molecule has 9 heteroatoms. The van der Waals surface area contributed by atoms with Crippen molar-refractivity contribution in [2.45, 2.75) is 36.1 Å². The second-order valence-corrected chi connectivity index (χ2v) is 10.0. The number of nitrogens with two attached hydrogens (primary N) is 1. The molecular formula is C24H25N3O5S. The van der Waals surface area contributed by atoms with Crippen molar-refractivity contribution in [2.75, 3.05) is 11.9 Å². The first-order valence-corrected chi connectivity index (χ1v) is 12.3. The summed E-state index contributed by atoms with van der Waals surface area (Å²) in [4.78, 5) is 26.5. The van der Waals surface area contributed by atoms with Crippen LogP contribution in [0, 0.1) is 0 Å². The standard InChI is InChI=1S/C24H25N3O5S/c25-23(28)21-10-5-13-27(21)15-17-6-4-7-18(14-17)26-24(29)22-12-11-19(32-22)16-33(30,31)20-8-2-1-3-9-20/h1-4,6-9,11-12,14,21H,5,10,13,15-16H2,(H2,25,28)(H,26,29). The molecule has 3 N–H and O–H groups in total. The third-order valence-corrected chi connectivity index (χ3v) is 7.24. The first-order chi connectivity index (χ1) is 15.8. The molecular weight excluding hydrogens is 442 g/mol. The van der Waals surface area contributed by atoms with Crippen LogP contribution < -0.4 is 11.1 Å². The third kappa shape index (κ3) is 5.50. The number of carbonyl (C=O) groups excluding carboxylic acids is 2. The van der Waals surface area contributed by atoms with Gasteiger partial charge in [0, 0.05) is 12.2 Å². The zero-order valence-electron chi connectivity index (χ0n) is 17.9. The zero-order chi connectivity index (χ0) is 23.4. The number of furan rings is 1. The lowest BCUT2D eigenvalue weighted by molar-refractivity contribution is -0.122. The molecule has 0 bridgehead atoms. The second kappa shape index (κ2) is 9.60. The van der Waals surface area contributed by atoms with E-state index in [1.54, 1.807) is 24.3 Å². The fourth-order valence-corrected chi connectivity index (χ4v) is 5.26. The van der Waals surface area contributed by atoms with Gasteiger partial charge in [0.15, 0.2) is 15.6 Å². The van der Waals surface area contributed by atoms with Crippen LogP contribution in [0.1, 0.15) is 34.7 Å². The smallest absolute Gasteiger partial charge is 0.291 e. The predicted octanol–water partition coefficient (Wildman–Crippen LogP) is 2.96. The molecule has 172 valence electrons. The molecule has 1 aliphatic heterocycles. The van der Waals surface area contributed by atoms with Crippen LogP contribution in [0.15, 0.2) is 76.0 Å². The molecule has 3 aromatic rings. The fourth-order valence-electron chi connectivity index (χ4n) is 3.99. The van der Waals surface area contributed by atoms with Crippen molar-refractivity contribution in [3.8, 4) is 0 Å². The lowest BCUT2D eigenvalue weighted by Crippen LogP contribution is -2.39. The Morgan fingerprint density at radius 3 is 2.61 bits per heavy atom. The Hall–Kier alpha value is -3.43. The van der Waals surface area contributed by atoms with Crippen LogP contribution in [0.3, 0.4) is 0 Å². The van der Waals surface area contributed by atoms with E-state index in [1.165, 1.54) is 24.3 Å². The van der Waals surface area contributed by atoms with Gasteiger partial charge in [0.05, 0.1) is 10.9 Å². The first kappa shape index (κ1) is 22.8. The number of sulfone groups is 1. The van der Waals surface area contributed by atoms with Crippen molar-refractivity contribution in [1.29, 1.82) is 0 Å². The number of primary amides is 1. The Morgan fingerprint density at radius 1 is 1.06 bits per heavy atom. The van der Waals surface area contributed by atoms with Crippen molar-refractivity contribution < 1.29 is 22.4 Å². The van der Waals surface area contributed by atoms with Gasteiger partial charge in [-0.25, -0.2) is 8.42 Å². The van der Waals surface area contributed by atoms with E-state index in [0.717, 1.165) is 24.9 Å². The number of likely N-dealkylation sites (tertiary alicyclic amines) is 1. The van der Waals surface area contributed by atoms with E-state index in [0.29, 0.717) is 12.2 Å². The van der Waals surface area contributed by atoms with Crippen LogP contribution in [-0.2, 0) is 26.9 Å². The summed E-state index contributed by atoms with van der Waals surface area (Å²) in [7, 11) is -3.58. The Balaban J connectivity index is 1.41. The summed E-state index contributed by atoms with van der Waals surface area (Å²) in [6.45, 7) is 1.35. The van der Waals surface area contributed by atoms with Gasteiger partial charge in [-0.3, -0.25) is 14.5 Å². The number of nitrogens with zero attached hydrogens (tertiary/aromatic N) is 1. The van der Waals surface area contributed by atoms with Crippen LogP contribution in [-0.4, -0.2) is 37.7 Å². The normalized spacial score (nSPS) is 16.5. The number of carbonyl (C=O) groups is 2. The Labute approximate surface area is 192 Å². The molecule has 1 aliphatic rings. The van der Waals surface area contributed by atoms with Crippen molar-refractivity contribution in [1.82, 2.24) is 4.90 Å². The number of amides is 2. The molecule has 1 aromatic heterocycles. The Morgan fingerprint density at radius 2 is 1.85 bits per heavy atom. The van der Waals surface area contributed by atoms with Gasteiger partial charge in [0.2, 0.25) is 5.91 Å². The highest BCUT2D eigenvalue weighted by atomic mass is 32.2. The molecule has 2 amide bonds. The summed E-state index contributed by atoms with van der Waals surface area (Å²) in [6, 6.07) is 18.1. The predicted molar refractivity (Wildman–Crippen MR) is 123 cm³/mol. The molecule has 1 saturated heterocycles. The molecule has 0 saturated carbocycles. The molecule has 2 aromatic carbocycles. The highest BCUT2D eigenvalue weighted by Gasteiger charge is 2.28. The summed E-state index contributed by atoms with van der Waals surface area (Å²) in [5.74, 6) is -0.931. The molecule has 33 heavy (non-hydrogen) atoms. The number of hydrogen-bond donors (Lipinski definition) is 2. The Kier molecular flexibility index (Phi) is 6.62. The number of nitrogens with one attached hydrogen (secondary N) is 1. The molecule has 4 rings (SSSR count). The number of hydrogen-bond acceptors (Lipinski definition) is 6. The van der Waals surface area contributed by atoms with Crippen LogP contribution in [0.4, 0.5) is 5.69 Å². The summed E-state index contributed by atoms with van der Waals surface area (Å²) in [6.07, 6.45) is 1.68. The highest BCUT2D eigenvalue weighted by Crippen LogP contribution is 2.22. The second-order valence-electron chi connectivity index (χ2n) is 8.02. The quantitative estimate of drug-likeness (QED) is 0.525. The van der Waals surface area contributed by atoms with E-state index in [-0.39, 0.29) is 34.1 Å². The first-order valence-electron chi connectivity index (χ1n) is 10.6. The average molecular weight is 468 g/mol. The summed E-state index contributed by atoms with van der Waals surface area (Å²) in [5, 5.41) is 2.77. The van der Waals surface area contributed by atoms with E-state index in [9.17, 15) is 18.0 Å². The number of rotatable bonds is 8. The molecule has 0 radical (unpaired) electrons. The molecule has 2 heterocycles. The Bertz CT molecular complexity index is 1250. The van der Waals surface area contributed by atoms with Gasteiger partial charge in [-0.2, -0.15) is 0 Å². The van der Waals surface area contributed by atoms with E-state index >= 15 is 0 Å². The molecule has 0 aliphatic carbocycles. The van der Waals surface area contributed by atoms with E-state index < -0.39 is 15.7 Å². The lowest BCUT2D eigenvalue weighted by Gasteiger charge is -2.22. The monoisotopic (exact) mass is 467 g/mol. The lowest BCUT2D eigenvalue weighted by atomic mass is 10.1. The van der Waals surface area contributed by atoms with Crippen LogP contribution in [0.5, 0.6) is 0 Å². The van der Waals surface area contributed by atoms with Gasteiger partial charge in [-0.05, 0) is 61.3 Å². The minimum atomic E-state index is -3.58. The van der Waals surface area contributed by atoms with E-state index in [4.69, 9.17) is 10.2 Å². The van der Waals surface area contributed by atoms with Gasteiger partial charge < -0.3 is 15.5 Å². The van der Waals surface area contributed by atoms with Crippen LogP contribution in [0.2, 0.25) is 0 Å². The SMILES string of the molecule is NC(=O)C1CCCN1Cc1cccc(NC(=O)c2ccc(CS(=O)(=O)c3ccccc3)o2)c1. The van der Waals surface area contributed by atoms with Crippen molar-refractivity contribution in [3.63, 3.8) is 0 Å². The molecule has 0 spiro atoms. The minimum Gasteiger partial charge on any atom is -0.455 e. The summed E-state index contributed by atoms with van der Waals surface area (Å²) >= 11 is 0. The average Bonchev–Trinajstić information content (AvgIpc) is 3.44. The van der Waals surface area contributed by atoms with Crippen molar-refractivity contribution in [3.05, 3.63) is 83.8 Å². The van der Waals surface area contributed by atoms with Crippen LogP contribution >= 0.6 is 0 Å². The van der Waals surface area contributed by atoms with Gasteiger partial charge in [-0.1, -0.05) is 30.3 Å². The topological polar surface area (TPSA) is 123 Å². The van der Waals surface area contributed by atoms with E-state index in [1.807, 2.05) is 23.1 Å². The van der Waals surface area contributed by atoms with Crippen molar-refractivity contribution in [2.24, 2.45) is 5.73 Å². The summed E-state index contributed by atoms with van der Waals surface area (Å²) < 4.78 is 30.5. The maximum atomic E-state index is 12.6. The van der Waals surface area contributed by atoms with E-state index in [2.05, 4.69) is 5.32 Å². The zero-order valence-corrected chi connectivity index (χ0v) is 18.8. The molecule has 1 unspecified atom stereocenters. The van der Waals surface area contributed by atoms with Crippen LogP contribution in [0.25, 0.3) is 0 Å². The van der Waals surface area contributed by atoms with Gasteiger partial charge in [-0.15, -0.1) is 0 Å². The largest absolute Gasteiger partial charge is 0.455 e. The number of anilines is 1. The van der Waals surface area contributed by atoms with Gasteiger partial charge in [0.1, 0.15) is 11.5 Å². The molecule has 1 fully saturated rings. The minimum absolute atomic E-state index is 0.0204. The maximum absolute atomic E-state index is 12.6. The fraction of sp³-hybridized carbons (Fsp3) is 0.250. The highest BCUT2D eigenvalue weighted by molar-refractivity contribution is 7.90. The molecule has 8 nitrogen and oxygen atoms in total.